The fourth-order valence-electron chi connectivity index (χ4n) is 3.83. The first-order valence-electron chi connectivity index (χ1n) is 9.54. The van der Waals surface area contributed by atoms with Gasteiger partial charge in [0.05, 0.1) is 0 Å². The molecule has 2 aromatic rings. The number of aromatic nitrogens is 3. The van der Waals surface area contributed by atoms with Crippen LogP contribution in [0.15, 0.2) is 30.7 Å². The van der Waals surface area contributed by atoms with Crippen LogP contribution in [-0.4, -0.2) is 54.2 Å². The quantitative estimate of drug-likeness (QED) is 0.808. The maximum Gasteiger partial charge on any atom is 0.142 e. The standard InChI is InChI=1S/C20H25N7/c1-25(2)19-12-20(24-14-23-19)27(16-3-4-16)17-6-9-26(10-7-17)18-5-8-22-15(11-18)13-21/h5,8,11-12,14,16-17H,3-4,6-7,9-10H2,1-2H3. The Labute approximate surface area is 160 Å². The van der Waals surface area contributed by atoms with Gasteiger partial charge < -0.3 is 14.7 Å². The summed E-state index contributed by atoms with van der Waals surface area (Å²) in [6.07, 6.45) is 8.06. The van der Waals surface area contributed by atoms with Crippen LogP contribution in [-0.2, 0) is 0 Å². The molecule has 2 aromatic heterocycles. The molecule has 4 rings (SSSR count). The molecule has 0 aromatic carbocycles. The van der Waals surface area contributed by atoms with Gasteiger partial charge in [0.15, 0.2) is 0 Å². The number of nitriles is 1. The zero-order chi connectivity index (χ0) is 18.8. The van der Waals surface area contributed by atoms with Gasteiger partial charge in [0.1, 0.15) is 29.7 Å². The van der Waals surface area contributed by atoms with E-state index in [0.717, 1.165) is 43.3 Å². The van der Waals surface area contributed by atoms with Crippen molar-refractivity contribution in [3.8, 4) is 6.07 Å². The number of piperidine rings is 1. The van der Waals surface area contributed by atoms with Crippen molar-refractivity contribution in [1.82, 2.24) is 15.0 Å². The van der Waals surface area contributed by atoms with Gasteiger partial charge in [-0.2, -0.15) is 5.26 Å². The van der Waals surface area contributed by atoms with Gasteiger partial charge in [-0.3, -0.25) is 0 Å². The van der Waals surface area contributed by atoms with Crippen LogP contribution in [0.4, 0.5) is 17.3 Å². The Morgan fingerprint density at radius 2 is 1.70 bits per heavy atom. The van der Waals surface area contributed by atoms with E-state index in [4.69, 9.17) is 5.26 Å². The highest BCUT2D eigenvalue weighted by molar-refractivity contribution is 5.53. The topological polar surface area (TPSA) is 72.2 Å². The first-order valence-corrected chi connectivity index (χ1v) is 9.54. The molecule has 0 atom stereocenters. The Morgan fingerprint density at radius 3 is 2.37 bits per heavy atom. The number of hydrogen-bond acceptors (Lipinski definition) is 7. The molecule has 3 heterocycles. The molecule has 7 heteroatoms. The van der Waals surface area contributed by atoms with E-state index in [-0.39, 0.29) is 0 Å². The van der Waals surface area contributed by atoms with Gasteiger partial charge in [0.25, 0.3) is 0 Å². The van der Waals surface area contributed by atoms with Crippen LogP contribution in [0.2, 0.25) is 0 Å². The molecule has 2 fully saturated rings. The Bertz CT molecular complexity index is 832. The largest absolute Gasteiger partial charge is 0.371 e. The summed E-state index contributed by atoms with van der Waals surface area (Å²) in [7, 11) is 4.02. The fraction of sp³-hybridized carbons (Fsp3) is 0.500. The maximum absolute atomic E-state index is 9.08. The molecule has 7 nitrogen and oxygen atoms in total. The molecule has 0 spiro atoms. The van der Waals surface area contributed by atoms with Crippen LogP contribution in [0.25, 0.3) is 0 Å². The van der Waals surface area contributed by atoms with Gasteiger partial charge in [0.2, 0.25) is 0 Å². The van der Waals surface area contributed by atoms with Crippen molar-refractivity contribution in [2.75, 3.05) is 41.9 Å². The second-order valence-electron chi connectivity index (χ2n) is 7.50. The summed E-state index contributed by atoms with van der Waals surface area (Å²) in [4.78, 5) is 19.9. The van der Waals surface area contributed by atoms with E-state index in [1.807, 2.05) is 31.1 Å². The molecule has 1 aliphatic heterocycles. The number of nitrogens with zero attached hydrogens (tertiary/aromatic N) is 7. The average molecular weight is 363 g/mol. The minimum atomic E-state index is 0.478. The molecule has 0 amide bonds. The van der Waals surface area contributed by atoms with Crippen LogP contribution in [0.1, 0.15) is 31.4 Å². The Kier molecular flexibility index (Phi) is 4.80. The molecule has 0 bridgehead atoms. The van der Waals surface area contributed by atoms with Gasteiger partial charge in [-0.15, -0.1) is 0 Å². The minimum Gasteiger partial charge on any atom is -0.371 e. The molecule has 1 saturated carbocycles. The van der Waals surface area contributed by atoms with E-state index in [9.17, 15) is 0 Å². The third kappa shape index (κ3) is 3.80. The third-order valence-corrected chi connectivity index (χ3v) is 5.38. The summed E-state index contributed by atoms with van der Waals surface area (Å²) in [6.45, 7) is 1.96. The monoisotopic (exact) mass is 363 g/mol. The van der Waals surface area contributed by atoms with E-state index in [1.165, 1.54) is 12.8 Å². The van der Waals surface area contributed by atoms with Crippen molar-refractivity contribution >= 4 is 17.3 Å². The highest BCUT2D eigenvalue weighted by Crippen LogP contribution is 2.36. The predicted octanol–water partition coefficient (Wildman–Crippen LogP) is 2.45. The second kappa shape index (κ2) is 7.39. The SMILES string of the molecule is CN(C)c1cc(N(C2CC2)C2CCN(c3ccnc(C#N)c3)CC2)ncn1. The number of hydrogen-bond donors (Lipinski definition) is 0. The molecule has 0 radical (unpaired) electrons. The van der Waals surface area contributed by atoms with Gasteiger partial charge in [-0.05, 0) is 37.8 Å². The molecule has 0 unspecified atom stereocenters. The smallest absolute Gasteiger partial charge is 0.142 e. The molecular weight excluding hydrogens is 338 g/mol. The Morgan fingerprint density at radius 1 is 1.00 bits per heavy atom. The second-order valence-corrected chi connectivity index (χ2v) is 7.50. The highest BCUT2D eigenvalue weighted by atomic mass is 15.3. The van der Waals surface area contributed by atoms with Crippen molar-refractivity contribution in [2.24, 2.45) is 0 Å². The van der Waals surface area contributed by atoms with E-state index in [0.29, 0.717) is 17.8 Å². The minimum absolute atomic E-state index is 0.478. The predicted molar refractivity (Wildman–Crippen MR) is 106 cm³/mol. The lowest BCUT2D eigenvalue weighted by molar-refractivity contribution is 0.459. The van der Waals surface area contributed by atoms with E-state index < -0.39 is 0 Å². The van der Waals surface area contributed by atoms with E-state index >= 15 is 0 Å². The lowest BCUT2D eigenvalue weighted by Crippen LogP contribution is -2.46. The molecular formula is C20H25N7. The average Bonchev–Trinajstić information content (AvgIpc) is 3.54. The number of pyridine rings is 1. The van der Waals surface area contributed by atoms with Gasteiger partial charge in [0, 0.05) is 57.2 Å². The fourth-order valence-corrected chi connectivity index (χ4v) is 3.83. The molecule has 1 saturated heterocycles. The summed E-state index contributed by atoms with van der Waals surface area (Å²) in [5.74, 6) is 1.99. The van der Waals surface area contributed by atoms with Gasteiger partial charge in [-0.1, -0.05) is 0 Å². The van der Waals surface area contributed by atoms with Crippen LogP contribution in [0.3, 0.4) is 0 Å². The van der Waals surface area contributed by atoms with Crippen LogP contribution >= 0.6 is 0 Å². The van der Waals surface area contributed by atoms with Crippen molar-refractivity contribution in [3.63, 3.8) is 0 Å². The van der Waals surface area contributed by atoms with Crippen LogP contribution in [0, 0.1) is 11.3 Å². The summed E-state index contributed by atoms with van der Waals surface area (Å²) in [6, 6.07) is 9.21. The maximum atomic E-state index is 9.08. The van der Waals surface area contributed by atoms with E-state index in [1.54, 1.807) is 12.5 Å². The summed E-state index contributed by atoms with van der Waals surface area (Å²) < 4.78 is 0. The summed E-state index contributed by atoms with van der Waals surface area (Å²) >= 11 is 0. The van der Waals surface area contributed by atoms with Crippen molar-refractivity contribution in [3.05, 3.63) is 36.4 Å². The van der Waals surface area contributed by atoms with Crippen LogP contribution in [0.5, 0.6) is 0 Å². The van der Waals surface area contributed by atoms with E-state index in [2.05, 4.69) is 36.9 Å². The molecule has 2 aliphatic rings. The van der Waals surface area contributed by atoms with Crippen molar-refractivity contribution < 1.29 is 0 Å². The number of rotatable bonds is 5. The highest BCUT2D eigenvalue weighted by Gasteiger charge is 2.36. The summed E-state index contributed by atoms with van der Waals surface area (Å²) in [5, 5.41) is 9.08. The van der Waals surface area contributed by atoms with Gasteiger partial charge >= 0.3 is 0 Å². The molecule has 27 heavy (non-hydrogen) atoms. The van der Waals surface area contributed by atoms with Crippen molar-refractivity contribution in [2.45, 2.75) is 37.8 Å². The normalized spacial score (nSPS) is 17.4. The zero-order valence-corrected chi connectivity index (χ0v) is 15.9. The first kappa shape index (κ1) is 17.5. The lowest BCUT2D eigenvalue weighted by atomic mass is 10.0. The third-order valence-electron chi connectivity index (χ3n) is 5.38. The Hall–Kier alpha value is -2.88. The van der Waals surface area contributed by atoms with Gasteiger partial charge in [-0.25, -0.2) is 15.0 Å². The molecule has 0 N–H and O–H groups in total. The first-order chi connectivity index (χ1) is 13.2. The van der Waals surface area contributed by atoms with Crippen LogP contribution < -0.4 is 14.7 Å². The Balaban J connectivity index is 1.48. The summed E-state index contributed by atoms with van der Waals surface area (Å²) in [5.41, 5.74) is 1.57. The molecule has 140 valence electrons. The zero-order valence-electron chi connectivity index (χ0n) is 15.9. The lowest BCUT2D eigenvalue weighted by Gasteiger charge is -2.40. The number of anilines is 3. The molecule has 1 aliphatic carbocycles. The van der Waals surface area contributed by atoms with Crippen molar-refractivity contribution in [1.29, 1.82) is 5.26 Å².